The number of hydrogen-bond acceptors (Lipinski definition) is 5. The SMILES string of the molecule is CCNC(=O)CCNS(=O)(=O)c1ccc(CN)nc1. The molecule has 1 aromatic rings. The Hall–Kier alpha value is -1.51. The van der Waals surface area contributed by atoms with E-state index < -0.39 is 10.0 Å². The average molecular weight is 286 g/mol. The second kappa shape index (κ2) is 7.17. The van der Waals surface area contributed by atoms with E-state index in [1.807, 2.05) is 0 Å². The molecule has 1 aromatic heterocycles. The largest absolute Gasteiger partial charge is 0.356 e. The molecule has 0 fully saturated rings. The number of pyridine rings is 1. The van der Waals surface area contributed by atoms with E-state index in [0.29, 0.717) is 12.2 Å². The number of nitrogens with one attached hydrogen (secondary N) is 2. The summed E-state index contributed by atoms with van der Waals surface area (Å²) < 4.78 is 26.1. The zero-order chi connectivity index (χ0) is 14.3. The first-order valence-corrected chi connectivity index (χ1v) is 7.39. The van der Waals surface area contributed by atoms with E-state index in [4.69, 9.17) is 5.73 Å². The van der Waals surface area contributed by atoms with Gasteiger partial charge in [0.15, 0.2) is 0 Å². The summed E-state index contributed by atoms with van der Waals surface area (Å²) in [6.07, 6.45) is 1.35. The molecule has 0 radical (unpaired) electrons. The van der Waals surface area contributed by atoms with Crippen LogP contribution in [-0.4, -0.2) is 32.4 Å². The van der Waals surface area contributed by atoms with Crippen molar-refractivity contribution in [3.05, 3.63) is 24.0 Å². The van der Waals surface area contributed by atoms with Crippen LogP contribution in [0.1, 0.15) is 19.0 Å². The Kier molecular flexibility index (Phi) is 5.87. The minimum Gasteiger partial charge on any atom is -0.356 e. The van der Waals surface area contributed by atoms with Gasteiger partial charge in [0.1, 0.15) is 4.90 Å². The number of rotatable bonds is 7. The summed E-state index contributed by atoms with van der Waals surface area (Å²) >= 11 is 0. The normalized spacial score (nSPS) is 11.3. The van der Waals surface area contributed by atoms with E-state index in [1.165, 1.54) is 12.3 Å². The number of nitrogens with zero attached hydrogens (tertiary/aromatic N) is 1. The van der Waals surface area contributed by atoms with Gasteiger partial charge in [0.05, 0.1) is 5.69 Å². The Labute approximate surface area is 112 Å². The van der Waals surface area contributed by atoms with Crippen molar-refractivity contribution in [3.8, 4) is 0 Å². The molecule has 0 aromatic carbocycles. The molecule has 0 saturated heterocycles. The number of amides is 1. The quantitative estimate of drug-likeness (QED) is 0.616. The lowest BCUT2D eigenvalue weighted by molar-refractivity contribution is -0.120. The van der Waals surface area contributed by atoms with E-state index in [1.54, 1.807) is 13.0 Å². The highest BCUT2D eigenvalue weighted by atomic mass is 32.2. The lowest BCUT2D eigenvalue weighted by atomic mass is 10.4. The summed E-state index contributed by atoms with van der Waals surface area (Å²) in [6.45, 7) is 2.63. The molecule has 1 rings (SSSR count). The number of nitrogens with two attached hydrogens (primary N) is 1. The van der Waals surface area contributed by atoms with Crippen molar-refractivity contribution in [1.29, 1.82) is 0 Å². The standard InChI is InChI=1S/C11H18N4O3S/c1-2-13-11(16)5-6-15-19(17,18)10-4-3-9(7-12)14-8-10/h3-4,8,15H,2,5-7,12H2,1H3,(H,13,16). The second-order valence-corrected chi connectivity index (χ2v) is 5.56. The lowest BCUT2D eigenvalue weighted by Gasteiger charge is -2.07. The van der Waals surface area contributed by atoms with Gasteiger partial charge in [-0.05, 0) is 19.1 Å². The fourth-order valence-corrected chi connectivity index (χ4v) is 2.33. The first-order valence-electron chi connectivity index (χ1n) is 5.91. The van der Waals surface area contributed by atoms with Crippen LogP contribution in [0.2, 0.25) is 0 Å². The van der Waals surface area contributed by atoms with Crippen LogP contribution >= 0.6 is 0 Å². The molecule has 0 atom stereocenters. The Morgan fingerprint density at radius 3 is 2.68 bits per heavy atom. The maximum absolute atomic E-state index is 11.9. The van der Waals surface area contributed by atoms with E-state index in [0.717, 1.165) is 0 Å². The minimum absolute atomic E-state index is 0.0484. The summed E-state index contributed by atoms with van der Waals surface area (Å²) in [5.74, 6) is -0.193. The van der Waals surface area contributed by atoms with Crippen LogP contribution in [0.5, 0.6) is 0 Å². The predicted molar refractivity (Wildman–Crippen MR) is 70.6 cm³/mol. The molecule has 106 valence electrons. The van der Waals surface area contributed by atoms with E-state index in [-0.39, 0.29) is 30.3 Å². The zero-order valence-corrected chi connectivity index (χ0v) is 11.5. The molecule has 0 aliphatic rings. The van der Waals surface area contributed by atoms with Crippen molar-refractivity contribution in [2.45, 2.75) is 24.8 Å². The highest BCUT2D eigenvalue weighted by Crippen LogP contribution is 2.07. The summed E-state index contributed by atoms with van der Waals surface area (Å²) in [5.41, 5.74) is 5.99. The van der Waals surface area contributed by atoms with Gasteiger partial charge in [-0.2, -0.15) is 0 Å². The van der Waals surface area contributed by atoms with Crippen LogP contribution in [0, 0.1) is 0 Å². The highest BCUT2D eigenvalue weighted by molar-refractivity contribution is 7.89. The maximum atomic E-state index is 11.9. The summed E-state index contributed by atoms with van der Waals surface area (Å²) in [5, 5.41) is 2.59. The molecule has 4 N–H and O–H groups in total. The Morgan fingerprint density at radius 2 is 2.16 bits per heavy atom. The average Bonchev–Trinajstić information content (AvgIpc) is 2.39. The number of aromatic nitrogens is 1. The molecule has 0 aliphatic heterocycles. The monoisotopic (exact) mass is 286 g/mol. The number of carbonyl (C=O) groups is 1. The lowest BCUT2D eigenvalue weighted by Crippen LogP contribution is -2.30. The van der Waals surface area contributed by atoms with Gasteiger partial charge in [0.2, 0.25) is 15.9 Å². The van der Waals surface area contributed by atoms with Gasteiger partial charge in [0.25, 0.3) is 0 Å². The number of hydrogen-bond donors (Lipinski definition) is 3. The van der Waals surface area contributed by atoms with Crippen molar-refractivity contribution in [3.63, 3.8) is 0 Å². The molecule has 1 amide bonds. The molecule has 0 unspecified atom stereocenters. The molecular weight excluding hydrogens is 268 g/mol. The summed E-state index contributed by atoms with van der Waals surface area (Å²) in [6, 6.07) is 2.99. The van der Waals surface area contributed by atoms with Gasteiger partial charge in [-0.15, -0.1) is 0 Å². The third-order valence-corrected chi connectivity index (χ3v) is 3.78. The number of carbonyl (C=O) groups excluding carboxylic acids is 1. The highest BCUT2D eigenvalue weighted by Gasteiger charge is 2.14. The Bertz CT molecular complexity index is 513. The topological polar surface area (TPSA) is 114 Å². The first-order chi connectivity index (χ1) is 8.99. The molecule has 8 heteroatoms. The van der Waals surface area contributed by atoms with Crippen LogP contribution < -0.4 is 15.8 Å². The smallest absolute Gasteiger partial charge is 0.242 e. The summed E-state index contributed by atoms with van der Waals surface area (Å²) in [7, 11) is -3.63. The molecule has 0 bridgehead atoms. The third-order valence-electron chi connectivity index (χ3n) is 2.34. The first kappa shape index (κ1) is 15.5. The van der Waals surface area contributed by atoms with Gasteiger partial charge in [0, 0.05) is 32.3 Å². The summed E-state index contributed by atoms with van der Waals surface area (Å²) in [4.78, 5) is 15.1. The van der Waals surface area contributed by atoms with Crippen LogP contribution in [0.25, 0.3) is 0 Å². The van der Waals surface area contributed by atoms with E-state index >= 15 is 0 Å². The third kappa shape index (κ3) is 4.93. The fraction of sp³-hybridized carbons (Fsp3) is 0.455. The molecule has 7 nitrogen and oxygen atoms in total. The van der Waals surface area contributed by atoms with Crippen molar-refractivity contribution >= 4 is 15.9 Å². The Balaban J connectivity index is 2.57. The van der Waals surface area contributed by atoms with Gasteiger partial charge in [-0.25, -0.2) is 13.1 Å². The van der Waals surface area contributed by atoms with Crippen LogP contribution in [0.4, 0.5) is 0 Å². The predicted octanol–water partition coefficient (Wildman–Crippen LogP) is -0.655. The van der Waals surface area contributed by atoms with Crippen LogP contribution in [-0.2, 0) is 21.4 Å². The fourth-order valence-electron chi connectivity index (χ4n) is 1.36. The van der Waals surface area contributed by atoms with Gasteiger partial charge in [-0.3, -0.25) is 9.78 Å². The van der Waals surface area contributed by atoms with E-state index in [9.17, 15) is 13.2 Å². The second-order valence-electron chi connectivity index (χ2n) is 3.79. The molecule has 0 saturated carbocycles. The van der Waals surface area contributed by atoms with Crippen molar-refractivity contribution in [1.82, 2.24) is 15.0 Å². The number of sulfonamides is 1. The molecule has 19 heavy (non-hydrogen) atoms. The van der Waals surface area contributed by atoms with Crippen molar-refractivity contribution in [2.75, 3.05) is 13.1 Å². The Morgan fingerprint density at radius 1 is 1.42 bits per heavy atom. The van der Waals surface area contributed by atoms with Crippen LogP contribution in [0.15, 0.2) is 23.2 Å². The van der Waals surface area contributed by atoms with Crippen molar-refractivity contribution < 1.29 is 13.2 Å². The minimum atomic E-state index is -3.63. The van der Waals surface area contributed by atoms with E-state index in [2.05, 4.69) is 15.0 Å². The van der Waals surface area contributed by atoms with Crippen LogP contribution in [0.3, 0.4) is 0 Å². The molecule has 0 aliphatic carbocycles. The molecular formula is C11H18N4O3S. The molecule has 0 spiro atoms. The molecule has 1 heterocycles. The van der Waals surface area contributed by atoms with Crippen molar-refractivity contribution in [2.24, 2.45) is 5.73 Å². The zero-order valence-electron chi connectivity index (χ0n) is 10.7. The van der Waals surface area contributed by atoms with Gasteiger partial charge in [-0.1, -0.05) is 0 Å². The maximum Gasteiger partial charge on any atom is 0.242 e. The van der Waals surface area contributed by atoms with Gasteiger partial charge >= 0.3 is 0 Å². The van der Waals surface area contributed by atoms with Gasteiger partial charge < -0.3 is 11.1 Å².